The number of ether oxygens (including phenoxy) is 2. The van der Waals surface area contributed by atoms with Gasteiger partial charge in [-0.05, 0) is 96.7 Å². The first kappa shape index (κ1) is 29.6. The minimum Gasteiger partial charge on any atom is -0.479 e. The maximum atomic E-state index is 11.7. The number of aryl methyl sites for hydroxylation is 2. The van der Waals surface area contributed by atoms with Crippen LogP contribution in [0.2, 0.25) is 0 Å². The zero-order valence-electron chi connectivity index (χ0n) is 22.9. The molecule has 0 radical (unpaired) electrons. The van der Waals surface area contributed by atoms with E-state index in [0.29, 0.717) is 12.2 Å². The maximum absolute atomic E-state index is 11.7. The van der Waals surface area contributed by atoms with Crippen molar-refractivity contribution in [2.75, 3.05) is 38.6 Å². The number of hydrogen-bond donors (Lipinski definition) is 2. The summed E-state index contributed by atoms with van der Waals surface area (Å²) in [6.07, 6.45) is 11.5. The van der Waals surface area contributed by atoms with Crippen LogP contribution >= 0.6 is 0 Å². The number of nitrogens with one attached hydrogen (secondary N) is 2. The molecule has 2 N–H and O–H groups in total. The fourth-order valence-electron chi connectivity index (χ4n) is 4.22. The summed E-state index contributed by atoms with van der Waals surface area (Å²) in [6, 6.07) is 4.12. The lowest BCUT2D eigenvalue weighted by molar-refractivity contribution is 0.0394. The smallest absolute Gasteiger partial charge is 0.202 e. The lowest BCUT2D eigenvalue weighted by atomic mass is 10.1. The van der Waals surface area contributed by atoms with Crippen molar-refractivity contribution < 1.29 is 14.3 Å². The molecule has 1 aliphatic heterocycles. The molecule has 7 heteroatoms. The Kier molecular flexibility index (Phi) is 12.8. The molecule has 200 valence electrons. The zero-order valence-corrected chi connectivity index (χ0v) is 22.9. The average molecular weight is 499 g/mol. The summed E-state index contributed by atoms with van der Waals surface area (Å²) in [5, 5.41) is 6.71. The van der Waals surface area contributed by atoms with Crippen LogP contribution in [0, 0.1) is 0 Å². The van der Waals surface area contributed by atoms with Gasteiger partial charge in [-0.1, -0.05) is 18.7 Å². The number of rotatable bonds is 16. The summed E-state index contributed by atoms with van der Waals surface area (Å²) in [5.74, 6) is 3.38. The highest BCUT2D eigenvalue weighted by atomic mass is 16.5. The van der Waals surface area contributed by atoms with Crippen LogP contribution in [0.15, 0.2) is 42.8 Å². The first-order chi connectivity index (χ1) is 17.3. The second kappa shape index (κ2) is 15.5. The number of unbranched alkanes of at least 4 members (excludes halogenated alkanes) is 1. The molecule has 0 bridgehead atoms. The van der Waals surface area contributed by atoms with Gasteiger partial charge in [0.15, 0.2) is 5.94 Å². The highest BCUT2D eigenvalue weighted by Gasteiger charge is 2.23. The Morgan fingerprint density at radius 3 is 2.83 bits per heavy atom. The molecular weight excluding hydrogens is 452 g/mol. The quantitative estimate of drug-likeness (QED) is 0.148. The number of anilines is 1. The Morgan fingerprint density at radius 1 is 1.33 bits per heavy atom. The highest BCUT2D eigenvalue weighted by Crippen LogP contribution is 2.21. The van der Waals surface area contributed by atoms with E-state index in [0.717, 1.165) is 63.4 Å². The molecule has 1 aliphatic rings. The van der Waals surface area contributed by atoms with Crippen LogP contribution in [0.1, 0.15) is 64.6 Å². The van der Waals surface area contributed by atoms with Gasteiger partial charge >= 0.3 is 0 Å². The second-order valence-electron chi connectivity index (χ2n) is 10.4. The van der Waals surface area contributed by atoms with Gasteiger partial charge in [-0.2, -0.15) is 0 Å². The predicted octanol–water partition coefficient (Wildman–Crippen LogP) is 4.68. The van der Waals surface area contributed by atoms with Gasteiger partial charge in [-0.15, -0.1) is 0 Å². The van der Waals surface area contributed by atoms with Crippen molar-refractivity contribution >= 4 is 11.8 Å². The fraction of sp³-hybridized carbons (Fsp3) is 0.621. The zero-order chi connectivity index (χ0) is 26.4. The summed E-state index contributed by atoms with van der Waals surface area (Å²) in [7, 11) is 1.74. The first-order valence-corrected chi connectivity index (χ1v) is 13.2. The summed E-state index contributed by atoms with van der Waals surface area (Å²) in [4.78, 5) is 19.0. The monoisotopic (exact) mass is 498 g/mol. The third-order valence-electron chi connectivity index (χ3n) is 6.12. The van der Waals surface area contributed by atoms with Crippen LogP contribution in [0.25, 0.3) is 0 Å². The molecule has 2 heterocycles. The van der Waals surface area contributed by atoms with Crippen molar-refractivity contribution in [3.05, 3.63) is 54.1 Å². The molecule has 0 saturated carbocycles. The van der Waals surface area contributed by atoms with E-state index < -0.39 is 5.60 Å². The summed E-state index contributed by atoms with van der Waals surface area (Å²) in [6.45, 7) is 15.2. The topological polar surface area (TPSA) is 75.7 Å². The van der Waals surface area contributed by atoms with Gasteiger partial charge in [-0.3, -0.25) is 0 Å². The molecule has 0 saturated heterocycles. The summed E-state index contributed by atoms with van der Waals surface area (Å²) >= 11 is 0. The number of pyridine rings is 1. The van der Waals surface area contributed by atoms with Crippen molar-refractivity contribution in [1.82, 2.24) is 15.2 Å². The lowest BCUT2D eigenvalue weighted by Gasteiger charge is -2.29. The Morgan fingerprint density at radius 2 is 2.14 bits per heavy atom. The number of allylic oxidation sites excluding steroid dienone is 2. The number of hydrogen-bond acceptors (Lipinski definition) is 7. The molecule has 1 aromatic rings. The molecular formula is C29H46N4O3. The van der Waals surface area contributed by atoms with E-state index in [4.69, 9.17) is 14.5 Å². The highest BCUT2D eigenvalue weighted by molar-refractivity contribution is 5.52. The lowest BCUT2D eigenvalue weighted by Crippen LogP contribution is -2.39. The van der Waals surface area contributed by atoms with Crippen LogP contribution in [-0.4, -0.2) is 66.9 Å². The maximum Gasteiger partial charge on any atom is 0.202 e. The molecule has 0 amide bonds. The second-order valence-corrected chi connectivity index (χ2v) is 10.4. The van der Waals surface area contributed by atoms with Gasteiger partial charge in [0, 0.05) is 32.4 Å². The average Bonchev–Trinajstić information content (AvgIpc) is 2.86. The molecule has 0 aromatic carbocycles. The van der Waals surface area contributed by atoms with Gasteiger partial charge in [0.25, 0.3) is 0 Å². The first-order valence-electron chi connectivity index (χ1n) is 13.2. The van der Waals surface area contributed by atoms with Gasteiger partial charge in [0.2, 0.25) is 5.76 Å². The molecule has 1 unspecified atom stereocenters. The number of fused-ring (bicyclic) bond motifs is 1. The van der Waals surface area contributed by atoms with E-state index >= 15 is 0 Å². The number of nitrogens with zero attached hydrogens (tertiary/aromatic N) is 2. The standard InChI is InChI=1S/C29H46N4O3/c1-7-8-17-30-26(27(22-34)36-29(3,4)5)16-20-33(21-23(2)35-6)19-10-9-13-25-15-14-24-12-11-18-31-28(24)32-25/h7-8,14-15,17,23,26,30H,1,9-13,16,18-21H2,2-6H3,(H,31,32)/b17-8+/t23-,26?/m1/s1. The van der Waals surface area contributed by atoms with Crippen molar-refractivity contribution in [3.63, 3.8) is 0 Å². The van der Waals surface area contributed by atoms with Crippen LogP contribution in [-0.2, 0) is 27.1 Å². The van der Waals surface area contributed by atoms with E-state index in [2.05, 4.69) is 41.2 Å². The molecule has 1 aromatic heterocycles. The van der Waals surface area contributed by atoms with Gasteiger partial charge < -0.3 is 25.0 Å². The van der Waals surface area contributed by atoms with E-state index in [9.17, 15) is 4.79 Å². The normalized spacial score (nSPS) is 15.1. The van der Waals surface area contributed by atoms with Crippen molar-refractivity contribution in [1.29, 1.82) is 0 Å². The van der Waals surface area contributed by atoms with Gasteiger partial charge in [0.05, 0.1) is 12.1 Å². The molecule has 2 rings (SSSR count). The largest absolute Gasteiger partial charge is 0.479 e. The van der Waals surface area contributed by atoms with Crippen molar-refractivity contribution in [3.8, 4) is 0 Å². The number of methoxy groups -OCH3 is 1. The fourth-order valence-corrected chi connectivity index (χ4v) is 4.22. The third-order valence-corrected chi connectivity index (χ3v) is 6.12. The molecule has 0 aliphatic carbocycles. The number of aromatic nitrogens is 1. The SMILES string of the molecule is C=C/C=C/NC(CCN(CCCCc1ccc2c(n1)NCCC2)C[C@@H](C)OC)C(=C=O)OC(C)(C)C. The van der Waals surface area contributed by atoms with Crippen LogP contribution in [0.5, 0.6) is 0 Å². The Labute approximate surface area is 218 Å². The molecule has 7 nitrogen and oxygen atoms in total. The van der Waals surface area contributed by atoms with Gasteiger partial charge in [-0.25, -0.2) is 9.78 Å². The summed E-state index contributed by atoms with van der Waals surface area (Å²) < 4.78 is 11.5. The van der Waals surface area contributed by atoms with E-state index in [-0.39, 0.29) is 12.1 Å². The minimum atomic E-state index is -0.473. The number of carbonyl (C=O) groups excluding carboxylic acids is 1. The van der Waals surface area contributed by atoms with Gasteiger partial charge in [0.1, 0.15) is 11.4 Å². The molecule has 36 heavy (non-hydrogen) atoms. The van der Waals surface area contributed by atoms with E-state index in [1.807, 2.05) is 32.8 Å². The Bertz CT molecular complexity index is 887. The third kappa shape index (κ3) is 11.0. The van der Waals surface area contributed by atoms with Crippen LogP contribution in [0.3, 0.4) is 0 Å². The van der Waals surface area contributed by atoms with Crippen molar-refractivity contribution in [2.45, 2.75) is 84.0 Å². The molecule has 2 atom stereocenters. The Balaban J connectivity index is 1.95. The molecule has 0 fully saturated rings. The van der Waals surface area contributed by atoms with E-state index in [1.165, 1.54) is 12.0 Å². The molecule has 0 spiro atoms. The van der Waals surface area contributed by atoms with E-state index in [1.54, 1.807) is 19.4 Å². The Hall–Kier alpha value is -2.60. The van der Waals surface area contributed by atoms with Crippen LogP contribution in [0.4, 0.5) is 5.82 Å². The summed E-state index contributed by atoms with van der Waals surface area (Å²) in [5.41, 5.74) is 2.01. The van der Waals surface area contributed by atoms with Crippen molar-refractivity contribution in [2.24, 2.45) is 0 Å². The van der Waals surface area contributed by atoms with Crippen LogP contribution < -0.4 is 10.6 Å². The predicted molar refractivity (Wildman–Crippen MR) is 148 cm³/mol. The minimum absolute atomic E-state index is 0.123.